The lowest BCUT2D eigenvalue weighted by Crippen LogP contribution is -2.21. The van der Waals surface area contributed by atoms with Crippen molar-refractivity contribution in [2.24, 2.45) is 0 Å². The second kappa shape index (κ2) is 9.35. The van der Waals surface area contributed by atoms with E-state index in [9.17, 15) is 0 Å². The Morgan fingerprint density at radius 2 is 1.50 bits per heavy atom. The van der Waals surface area contributed by atoms with Crippen molar-refractivity contribution in [1.82, 2.24) is 0 Å². The van der Waals surface area contributed by atoms with E-state index in [0.717, 1.165) is 25.3 Å². The molecule has 1 N–H and O–H groups in total. The first-order valence-corrected chi connectivity index (χ1v) is 10.0. The lowest BCUT2D eigenvalue weighted by Gasteiger charge is -2.21. The van der Waals surface area contributed by atoms with Crippen LogP contribution in [0, 0.1) is 0 Å². The molecule has 26 heavy (non-hydrogen) atoms. The summed E-state index contributed by atoms with van der Waals surface area (Å²) in [5.41, 5.74) is 3.73. The number of nitrogens with zero attached hydrogens (tertiary/aromatic N) is 1. The van der Waals surface area contributed by atoms with Gasteiger partial charge in [-0.1, -0.05) is 48.2 Å². The van der Waals surface area contributed by atoms with Gasteiger partial charge in [0.05, 0.1) is 0 Å². The van der Waals surface area contributed by atoms with Gasteiger partial charge in [-0.3, -0.25) is 0 Å². The molecule has 3 heteroatoms. The minimum atomic E-state index is 0.846. The van der Waals surface area contributed by atoms with Crippen molar-refractivity contribution in [2.75, 3.05) is 23.3 Å². The molecule has 134 valence electrons. The van der Waals surface area contributed by atoms with Gasteiger partial charge in [-0.25, -0.2) is 0 Å². The summed E-state index contributed by atoms with van der Waals surface area (Å²) in [6, 6.07) is 27.9. The van der Waals surface area contributed by atoms with Gasteiger partial charge in [-0.15, -0.1) is 0 Å². The topological polar surface area (TPSA) is 15.3 Å². The van der Waals surface area contributed by atoms with E-state index in [1.165, 1.54) is 21.0 Å². The molecule has 0 atom stereocenters. The monoisotopic (exact) mass is 362 g/mol. The molecule has 0 spiro atoms. The third-order valence-electron chi connectivity index (χ3n) is 4.38. The molecule has 0 saturated heterocycles. The summed E-state index contributed by atoms with van der Waals surface area (Å²) in [5.74, 6) is 0. The van der Waals surface area contributed by atoms with Gasteiger partial charge in [0.15, 0.2) is 0 Å². The normalized spacial score (nSPS) is 10.5. The molecule has 0 heterocycles. The summed E-state index contributed by atoms with van der Waals surface area (Å²) < 4.78 is 0. The smallest absolute Gasteiger partial charge is 0.0400 e. The summed E-state index contributed by atoms with van der Waals surface area (Å²) >= 11 is 1.81. The zero-order valence-electron chi connectivity index (χ0n) is 15.5. The lowest BCUT2D eigenvalue weighted by molar-refractivity contribution is 0.864. The first-order valence-electron chi connectivity index (χ1n) is 9.19. The average molecular weight is 363 g/mol. The molecule has 0 aliphatic heterocycles. The molecule has 0 bridgehead atoms. The van der Waals surface area contributed by atoms with Crippen LogP contribution in [0.5, 0.6) is 0 Å². The van der Waals surface area contributed by atoms with Crippen molar-refractivity contribution in [3.05, 3.63) is 84.4 Å². The Morgan fingerprint density at radius 3 is 2.19 bits per heavy atom. The van der Waals surface area contributed by atoms with Crippen molar-refractivity contribution in [3.63, 3.8) is 0 Å². The Hall–Kier alpha value is -2.39. The van der Waals surface area contributed by atoms with Gasteiger partial charge in [0.25, 0.3) is 0 Å². The van der Waals surface area contributed by atoms with Crippen LogP contribution in [-0.4, -0.2) is 13.1 Å². The standard InChI is InChI=1S/C23H26N2S/c1-3-25(4-2)21-11-8-12-23(17-21)26-22-15-13-20(14-16-22)24-18-19-9-6-5-7-10-19/h5-17,24H,3-4,18H2,1-2H3. The maximum Gasteiger partial charge on any atom is 0.0400 e. The Morgan fingerprint density at radius 1 is 0.769 bits per heavy atom. The largest absolute Gasteiger partial charge is 0.381 e. The maximum absolute atomic E-state index is 3.48. The van der Waals surface area contributed by atoms with Gasteiger partial charge >= 0.3 is 0 Å². The van der Waals surface area contributed by atoms with Gasteiger partial charge in [-0.05, 0) is 61.9 Å². The number of benzene rings is 3. The molecule has 0 aliphatic carbocycles. The molecule has 0 radical (unpaired) electrons. The van der Waals surface area contributed by atoms with Gasteiger partial charge in [0.1, 0.15) is 0 Å². The van der Waals surface area contributed by atoms with E-state index in [1.54, 1.807) is 0 Å². The average Bonchev–Trinajstić information content (AvgIpc) is 2.70. The van der Waals surface area contributed by atoms with E-state index in [4.69, 9.17) is 0 Å². The molecule has 0 amide bonds. The first kappa shape index (κ1) is 18.4. The number of hydrogen-bond donors (Lipinski definition) is 1. The predicted molar refractivity (Wildman–Crippen MR) is 114 cm³/mol. The Labute approximate surface area is 161 Å². The minimum absolute atomic E-state index is 0.846. The van der Waals surface area contributed by atoms with Crippen molar-refractivity contribution in [3.8, 4) is 0 Å². The number of rotatable bonds is 8. The van der Waals surface area contributed by atoms with Crippen LogP contribution in [0.2, 0.25) is 0 Å². The second-order valence-electron chi connectivity index (χ2n) is 6.14. The van der Waals surface area contributed by atoms with Crippen LogP contribution in [0.1, 0.15) is 19.4 Å². The molecule has 3 aromatic carbocycles. The number of nitrogens with one attached hydrogen (secondary N) is 1. The Kier molecular flexibility index (Phi) is 6.62. The Bertz CT molecular complexity index is 796. The predicted octanol–water partition coefficient (Wildman–Crippen LogP) is 6.30. The highest BCUT2D eigenvalue weighted by Crippen LogP contribution is 2.31. The third-order valence-corrected chi connectivity index (χ3v) is 5.37. The summed E-state index contributed by atoms with van der Waals surface area (Å²) in [6.07, 6.45) is 0. The van der Waals surface area contributed by atoms with E-state index in [0.29, 0.717) is 0 Å². The van der Waals surface area contributed by atoms with Gasteiger partial charge in [0.2, 0.25) is 0 Å². The van der Waals surface area contributed by atoms with Crippen LogP contribution in [0.25, 0.3) is 0 Å². The highest BCUT2D eigenvalue weighted by molar-refractivity contribution is 7.99. The zero-order chi connectivity index (χ0) is 18.2. The molecule has 0 fully saturated rings. The van der Waals surface area contributed by atoms with Crippen LogP contribution in [0.4, 0.5) is 11.4 Å². The molecule has 0 unspecified atom stereocenters. The summed E-state index contributed by atoms with van der Waals surface area (Å²) in [7, 11) is 0. The van der Waals surface area contributed by atoms with E-state index < -0.39 is 0 Å². The van der Waals surface area contributed by atoms with Crippen molar-refractivity contribution >= 4 is 23.1 Å². The van der Waals surface area contributed by atoms with E-state index in [-0.39, 0.29) is 0 Å². The van der Waals surface area contributed by atoms with Crippen LogP contribution in [0.3, 0.4) is 0 Å². The van der Waals surface area contributed by atoms with Crippen molar-refractivity contribution in [1.29, 1.82) is 0 Å². The molecule has 0 aromatic heterocycles. The fourth-order valence-electron chi connectivity index (χ4n) is 2.91. The second-order valence-corrected chi connectivity index (χ2v) is 7.28. The van der Waals surface area contributed by atoms with Crippen LogP contribution in [0.15, 0.2) is 88.7 Å². The fraction of sp³-hybridized carbons (Fsp3) is 0.217. The molecular formula is C23H26N2S. The molecule has 2 nitrogen and oxygen atoms in total. The number of hydrogen-bond acceptors (Lipinski definition) is 3. The van der Waals surface area contributed by atoms with E-state index >= 15 is 0 Å². The van der Waals surface area contributed by atoms with E-state index in [1.807, 2.05) is 17.8 Å². The molecule has 3 aromatic rings. The highest BCUT2D eigenvalue weighted by atomic mass is 32.2. The SMILES string of the molecule is CCN(CC)c1cccc(Sc2ccc(NCc3ccccc3)cc2)c1. The van der Waals surface area contributed by atoms with Crippen molar-refractivity contribution in [2.45, 2.75) is 30.2 Å². The van der Waals surface area contributed by atoms with Gasteiger partial charge in [0, 0.05) is 40.8 Å². The zero-order valence-corrected chi connectivity index (χ0v) is 16.3. The molecule has 0 aliphatic rings. The Balaban J connectivity index is 1.61. The summed E-state index contributed by atoms with van der Waals surface area (Å²) in [4.78, 5) is 4.91. The summed E-state index contributed by atoms with van der Waals surface area (Å²) in [6.45, 7) is 7.31. The minimum Gasteiger partial charge on any atom is -0.381 e. The summed E-state index contributed by atoms with van der Waals surface area (Å²) in [5, 5.41) is 3.48. The molecule has 3 rings (SSSR count). The van der Waals surface area contributed by atoms with Crippen LogP contribution in [-0.2, 0) is 6.54 Å². The lowest BCUT2D eigenvalue weighted by atomic mass is 10.2. The highest BCUT2D eigenvalue weighted by Gasteiger charge is 2.04. The van der Waals surface area contributed by atoms with Gasteiger partial charge in [-0.2, -0.15) is 0 Å². The van der Waals surface area contributed by atoms with Crippen LogP contribution < -0.4 is 10.2 Å². The van der Waals surface area contributed by atoms with E-state index in [2.05, 4.69) is 96.9 Å². The molecular weight excluding hydrogens is 336 g/mol. The van der Waals surface area contributed by atoms with Gasteiger partial charge < -0.3 is 10.2 Å². The number of anilines is 2. The molecule has 0 saturated carbocycles. The fourth-order valence-corrected chi connectivity index (χ4v) is 3.78. The maximum atomic E-state index is 3.48. The third kappa shape index (κ3) is 5.06. The first-order chi connectivity index (χ1) is 12.8. The quantitative estimate of drug-likeness (QED) is 0.506. The van der Waals surface area contributed by atoms with Crippen molar-refractivity contribution < 1.29 is 0 Å². The van der Waals surface area contributed by atoms with Crippen LogP contribution >= 0.6 is 11.8 Å².